The smallest absolute Gasteiger partial charge is 0.208 e. The highest BCUT2D eigenvalue weighted by atomic mass is 32.2. The summed E-state index contributed by atoms with van der Waals surface area (Å²) in [5.41, 5.74) is 1.21. The van der Waals surface area contributed by atoms with Crippen LogP contribution >= 0.6 is 0 Å². The molecule has 2 aromatic rings. The molecule has 3 heterocycles. The third kappa shape index (κ3) is 6.21. The van der Waals surface area contributed by atoms with E-state index in [1.54, 1.807) is 12.5 Å². The minimum Gasteiger partial charge on any atom is -0.378 e. The summed E-state index contributed by atoms with van der Waals surface area (Å²) in [6, 6.07) is 5.76. The maximum absolute atomic E-state index is 11.9. The molecule has 8 nitrogen and oxygen atoms in total. The summed E-state index contributed by atoms with van der Waals surface area (Å²) in [5.74, 6) is 1.50. The summed E-state index contributed by atoms with van der Waals surface area (Å²) < 4.78 is 32.9. The van der Waals surface area contributed by atoms with Gasteiger partial charge in [-0.1, -0.05) is 6.07 Å². The van der Waals surface area contributed by atoms with E-state index in [1.807, 2.05) is 30.6 Å². The van der Waals surface area contributed by atoms with Crippen molar-refractivity contribution in [3.8, 4) is 0 Å². The maximum Gasteiger partial charge on any atom is 0.208 e. The third-order valence-electron chi connectivity index (χ3n) is 6.34. The number of anilines is 1. The van der Waals surface area contributed by atoms with Crippen LogP contribution < -0.4 is 9.62 Å². The van der Waals surface area contributed by atoms with Crippen molar-refractivity contribution in [1.82, 2.24) is 19.7 Å². The van der Waals surface area contributed by atoms with E-state index < -0.39 is 10.0 Å². The molecule has 0 aromatic carbocycles. The van der Waals surface area contributed by atoms with Crippen LogP contribution in [-0.2, 0) is 14.8 Å². The van der Waals surface area contributed by atoms with Gasteiger partial charge in [-0.05, 0) is 55.7 Å². The van der Waals surface area contributed by atoms with Crippen molar-refractivity contribution in [3.63, 3.8) is 0 Å². The minimum absolute atomic E-state index is 0.0747. The van der Waals surface area contributed by atoms with Gasteiger partial charge in [0.15, 0.2) is 0 Å². The van der Waals surface area contributed by atoms with Gasteiger partial charge in [0.1, 0.15) is 12.1 Å². The molecule has 168 valence electrons. The standard InChI is InChI=1S/C22H31N5O3S/c1-31(28,29)26-21-9-11-27(22-4-2-3-10-25-22)14-19(21)15-30-20-7-5-17(6-8-20)18-12-23-16-24-13-18/h2-4,10,12-13,16-17,19-21,26H,5-9,11,14-15H2,1H3/t17-,19-,20+,21?/m0/s1. The highest BCUT2D eigenvalue weighted by Crippen LogP contribution is 2.34. The molecule has 0 amide bonds. The molecule has 1 aliphatic carbocycles. The van der Waals surface area contributed by atoms with Gasteiger partial charge >= 0.3 is 0 Å². The predicted octanol–water partition coefficient (Wildman–Crippen LogP) is 2.36. The Bertz CT molecular complexity index is 921. The fraction of sp³-hybridized carbons (Fsp3) is 0.591. The first-order valence-corrected chi connectivity index (χ1v) is 12.9. The Morgan fingerprint density at radius 1 is 1.13 bits per heavy atom. The molecule has 0 radical (unpaired) electrons. The van der Waals surface area contributed by atoms with E-state index in [0.29, 0.717) is 12.5 Å². The molecular weight excluding hydrogens is 414 g/mol. The second-order valence-electron chi connectivity index (χ2n) is 8.66. The molecule has 4 rings (SSSR count). The SMILES string of the molecule is CS(=O)(=O)NC1CCN(c2ccccn2)C[C@H]1CO[C@H]1CC[C@@H](c2cncnc2)CC1. The summed E-state index contributed by atoms with van der Waals surface area (Å²) in [6.45, 7) is 2.03. The highest BCUT2D eigenvalue weighted by molar-refractivity contribution is 7.88. The normalized spacial score (nSPS) is 27.2. The number of aromatic nitrogens is 3. The van der Waals surface area contributed by atoms with Crippen molar-refractivity contribution in [3.05, 3.63) is 48.7 Å². The largest absolute Gasteiger partial charge is 0.378 e. The van der Waals surface area contributed by atoms with Crippen LogP contribution in [0, 0.1) is 5.92 Å². The zero-order valence-corrected chi connectivity index (χ0v) is 18.7. The average molecular weight is 446 g/mol. The molecule has 1 unspecified atom stereocenters. The van der Waals surface area contributed by atoms with Crippen molar-refractivity contribution < 1.29 is 13.2 Å². The van der Waals surface area contributed by atoms with Gasteiger partial charge in [-0.2, -0.15) is 0 Å². The second-order valence-corrected chi connectivity index (χ2v) is 10.4. The van der Waals surface area contributed by atoms with Gasteiger partial charge in [0.2, 0.25) is 10.0 Å². The Kier molecular flexibility index (Phi) is 7.14. The van der Waals surface area contributed by atoms with Crippen LogP contribution in [0.2, 0.25) is 0 Å². The number of hydrogen-bond acceptors (Lipinski definition) is 7. The molecule has 1 saturated heterocycles. The zero-order chi connectivity index (χ0) is 21.7. The van der Waals surface area contributed by atoms with Crippen molar-refractivity contribution in [2.24, 2.45) is 5.92 Å². The number of ether oxygens (including phenoxy) is 1. The van der Waals surface area contributed by atoms with Crippen molar-refractivity contribution in [1.29, 1.82) is 0 Å². The number of sulfonamides is 1. The lowest BCUT2D eigenvalue weighted by Gasteiger charge is -2.40. The van der Waals surface area contributed by atoms with E-state index in [2.05, 4.69) is 24.6 Å². The first-order valence-electron chi connectivity index (χ1n) is 11.0. The molecule has 2 aliphatic rings. The van der Waals surface area contributed by atoms with Gasteiger partial charge < -0.3 is 9.64 Å². The molecule has 2 atom stereocenters. The van der Waals surface area contributed by atoms with Crippen LogP contribution in [0.5, 0.6) is 0 Å². The molecule has 2 fully saturated rings. The molecule has 1 aliphatic heterocycles. The van der Waals surface area contributed by atoms with Crippen LogP contribution in [0.1, 0.15) is 43.6 Å². The van der Waals surface area contributed by atoms with Crippen LogP contribution in [0.15, 0.2) is 43.1 Å². The highest BCUT2D eigenvalue weighted by Gasteiger charge is 2.33. The number of nitrogens with zero attached hydrogens (tertiary/aromatic N) is 4. The van der Waals surface area contributed by atoms with Gasteiger partial charge in [-0.3, -0.25) is 0 Å². The molecule has 2 aromatic heterocycles. The summed E-state index contributed by atoms with van der Waals surface area (Å²) in [6.07, 6.45) is 13.5. The van der Waals surface area contributed by atoms with E-state index >= 15 is 0 Å². The maximum atomic E-state index is 11.9. The number of nitrogens with one attached hydrogen (secondary N) is 1. The average Bonchev–Trinajstić information content (AvgIpc) is 2.79. The van der Waals surface area contributed by atoms with Gasteiger partial charge in [-0.15, -0.1) is 0 Å². The topological polar surface area (TPSA) is 97.3 Å². The quantitative estimate of drug-likeness (QED) is 0.699. The molecule has 0 bridgehead atoms. The number of pyridine rings is 1. The lowest BCUT2D eigenvalue weighted by molar-refractivity contribution is -0.00216. The number of hydrogen-bond donors (Lipinski definition) is 1. The molecule has 31 heavy (non-hydrogen) atoms. The van der Waals surface area contributed by atoms with Crippen LogP contribution in [0.25, 0.3) is 0 Å². The van der Waals surface area contributed by atoms with Crippen LogP contribution in [0.3, 0.4) is 0 Å². The summed E-state index contributed by atoms with van der Waals surface area (Å²) in [5, 5.41) is 0. The van der Waals surface area contributed by atoms with E-state index in [-0.39, 0.29) is 18.1 Å². The van der Waals surface area contributed by atoms with Crippen LogP contribution in [-0.4, -0.2) is 61.5 Å². The van der Waals surface area contributed by atoms with Gasteiger partial charge in [0.25, 0.3) is 0 Å². The second kappa shape index (κ2) is 10.0. The monoisotopic (exact) mass is 445 g/mol. The van der Waals surface area contributed by atoms with E-state index in [1.165, 1.54) is 11.8 Å². The first kappa shape index (κ1) is 22.1. The van der Waals surface area contributed by atoms with Crippen molar-refractivity contribution in [2.45, 2.75) is 50.2 Å². The van der Waals surface area contributed by atoms with Crippen molar-refractivity contribution in [2.75, 3.05) is 30.9 Å². The van der Waals surface area contributed by atoms with Crippen LogP contribution in [0.4, 0.5) is 5.82 Å². The summed E-state index contributed by atoms with van der Waals surface area (Å²) in [4.78, 5) is 15.0. The molecule has 1 saturated carbocycles. The number of piperidine rings is 1. The predicted molar refractivity (Wildman–Crippen MR) is 119 cm³/mol. The molecule has 1 N–H and O–H groups in total. The Labute approximate surface area is 184 Å². The van der Waals surface area contributed by atoms with Crippen molar-refractivity contribution >= 4 is 15.8 Å². The van der Waals surface area contributed by atoms with E-state index in [9.17, 15) is 8.42 Å². The first-order chi connectivity index (χ1) is 15.0. The minimum atomic E-state index is -3.27. The Hall–Kier alpha value is -2.10. The lowest BCUT2D eigenvalue weighted by Crippen LogP contribution is -2.52. The Morgan fingerprint density at radius 3 is 2.58 bits per heavy atom. The van der Waals surface area contributed by atoms with E-state index in [4.69, 9.17) is 4.74 Å². The fourth-order valence-electron chi connectivity index (χ4n) is 4.72. The number of rotatable bonds is 7. The Balaban J connectivity index is 1.34. The zero-order valence-electron chi connectivity index (χ0n) is 17.9. The molecule has 9 heteroatoms. The third-order valence-corrected chi connectivity index (χ3v) is 7.08. The van der Waals surface area contributed by atoms with Gasteiger partial charge in [-0.25, -0.2) is 28.1 Å². The summed E-state index contributed by atoms with van der Waals surface area (Å²) in [7, 11) is -3.27. The van der Waals surface area contributed by atoms with Gasteiger partial charge in [0.05, 0.1) is 19.0 Å². The fourth-order valence-corrected chi connectivity index (χ4v) is 5.58. The van der Waals surface area contributed by atoms with Gasteiger partial charge in [0, 0.05) is 43.6 Å². The van der Waals surface area contributed by atoms with E-state index in [0.717, 1.165) is 51.0 Å². The molecule has 0 spiro atoms. The summed E-state index contributed by atoms with van der Waals surface area (Å²) >= 11 is 0. The molecular formula is C22H31N5O3S. The Morgan fingerprint density at radius 2 is 1.90 bits per heavy atom. The lowest BCUT2D eigenvalue weighted by atomic mass is 9.83.